The van der Waals surface area contributed by atoms with Gasteiger partial charge in [-0.1, -0.05) is 31.2 Å². The third kappa shape index (κ3) is 5.30. The lowest BCUT2D eigenvalue weighted by Gasteiger charge is -2.34. The van der Waals surface area contributed by atoms with Crippen molar-refractivity contribution in [1.29, 1.82) is 5.41 Å². The Morgan fingerprint density at radius 3 is 2.43 bits per heavy atom. The Morgan fingerprint density at radius 2 is 1.93 bits per heavy atom. The molecule has 1 heterocycles. The Kier molecular flexibility index (Phi) is 8.22. The fourth-order valence-corrected chi connectivity index (χ4v) is 4.37. The fourth-order valence-electron chi connectivity index (χ4n) is 4.37. The van der Waals surface area contributed by atoms with Crippen molar-refractivity contribution in [2.45, 2.75) is 57.0 Å². The smallest absolute Gasteiger partial charge is 0.343 e. The summed E-state index contributed by atoms with van der Waals surface area (Å²) in [6, 6.07) is 6.93. The van der Waals surface area contributed by atoms with Gasteiger partial charge in [0.1, 0.15) is 0 Å². The second-order valence-electron chi connectivity index (χ2n) is 8.32. The van der Waals surface area contributed by atoms with E-state index >= 15 is 0 Å². The summed E-state index contributed by atoms with van der Waals surface area (Å²) in [5.41, 5.74) is -0.706. The zero-order valence-corrected chi connectivity index (χ0v) is 18.1. The van der Waals surface area contributed by atoms with Crippen LogP contribution in [0.15, 0.2) is 24.3 Å². The number of aliphatic hydroxyl groups is 1. The number of carbonyl (C=O) groups excluding carboxylic acids is 1. The quantitative estimate of drug-likeness (QED) is 0.376. The number of ether oxygens (including phenoxy) is 1. The van der Waals surface area contributed by atoms with Crippen LogP contribution in [0.1, 0.15) is 50.2 Å². The van der Waals surface area contributed by atoms with Crippen molar-refractivity contribution in [2.75, 3.05) is 19.7 Å². The van der Waals surface area contributed by atoms with Crippen molar-refractivity contribution in [3.05, 3.63) is 35.4 Å². The molecular formula is C22H31ClF2N2O3. The van der Waals surface area contributed by atoms with Gasteiger partial charge in [-0.2, -0.15) is 0 Å². The molecule has 5 nitrogen and oxygen atoms in total. The summed E-state index contributed by atoms with van der Waals surface area (Å²) in [5, 5.41) is 18.7. The van der Waals surface area contributed by atoms with Crippen LogP contribution in [0, 0.1) is 17.2 Å². The number of alkyl halides is 2. The maximum atomic E-state index is 13.9. The van der Waals surface area contributed by atoms with Crippen LogP contribution < -0.4 is 0 Å². The molecule has 0 aromatic heterocycles. The summed E-state index contributed by atoms with van der Waals surface area (Å²) in [6.07, 6.45) is 2.90. The summed E-state index contributed by atoms with van der Waals surface area (Å²) >= 11 is 0. The number of benzene rings is 1. The standard InChI is InChI=1S/C22H30F2N2O3.ClH/c1-2-16-3-5-18(6-4-16)22(28,19-7-10-21(23,24)13-19)20(27)29-14-17-8-11-26(15-25)12-9-17;/h3-6,15,17,19,25,28H,2,7-14H2,1H3;1H. The first-order valence-corrected chi connectivity index (χ1v) is 10.4. The molecule has 0 amide bonds. The van der Waals surface area contributed by atoms with Gasteiger partial charge in [0.15, 0.2) is 5.60 Å². The lowest BCUT2D eigenvalue weighted by atomic mass is 9.79. The molecule has 1 aliphatic carbocycles. The van der Waals surface area contributed by atoms with Crippen LogP contribution in [0.4, 0.5) is 8.78 Å². The highest BCUT2D eigenvalue weighted by atomic mass is 35.5. The molecule has 8 heteroatoms. The minimum atomic E-state index is -2.87. The number of nitrogens with one attached hydrogen (secondary N) is 1. The summed E-state index contributed by atoms with van der Waals surface area (Å²) in [6.45, 7) is 3.60. The number of carbonyl (C=O) groups is 1. The third-order valence-corrected chi connectivity index (χ3v) is 6.39. The minimum Gasteiger partial charge on any atom is -0.463 e. The SMILES string of the molecule is CCc1ccc(C(O)(C(=O)OCC2CCN(C=N)CC2)C2CCC(F)(F)C2)cc1.Cl. The van der Waals surface area contributed by atoms with Gasteiger partial charge in [0.25, 0.3) is 0 Å². The zero-order valence-electron chi connectivity index (χ0n) is 17.3. The molecule has 1 saturated carbocycles. The predicted octanol–water partition coefficient (Wildman–Crippen LogP) is 4.16. The number of halogens is 3. The molecule has 1 aromatic carbocycles. The monoisotopic (exact) mass is 444 g/mol. The van der Waals surface area contributed by atoms with E-state index in [1.165, 1.54) is 6.34 Å². The van der Waals surface area contributed by atoms with E-state index in [4.69, 9.17) is 10.1 Å². The molecule has 1 aliphatic heterocycles. The molecule has 3 rings (SSSR count). The average molecular weight is 445 g/mol. The molecule has 2 atom stereocenters. The fraction of sp³-hybridized carbons (Fsp3) is 0.636. The molecule has 0 spiro atoms. The molecule has 2 unspecified atom stereocenters. The van der Waals surface area contributed by atoms with Gasteiger partial charge in [0.05, 0.1) is 12.9 Å². The lowest BCUT2D eigenvalue weighted by molar-refractivity contribution is -0.176. The number of esters is 1. The summed E-state index contributed by atoms with van der Waals surface area (Å²) in [4.78, 5) is 14.9. The molecule has 0 bridgehead atoms. The van der Waals surface area contributed by atoms with Crippen LogP contribution in [0.3, 0.4) is 0 Å². The first kappa shape index (κ1) is 24.5. The number of piperidine rings is 1. The first-order chi connectivity index (χ1) is 13.8. The highest BCUT2D eigenvalue weighted by molar-refractivity contribution is 5.85. The Balaban J connectivity index is 0.00000320. The molecular weight excluding hydrogens is 414 g/mol. The number of hydrogen-bond acceptors (Lipinski definition) is 4. The topological polar surface area (TPSA) is 73.6 Å². The maximum Gasteiger partial charge on any atom is 0.343 e. The highest BCUT2D eigenvalue weighted by Gasteiger charge is 2.54. The van der Waals surface area contributed by atoms with Crippen LogP contribution in [0.2, 0.25) is 0 Å². The molecule has 30 heavy (non-hydrogen) atoms. The van der Waals surface area contributed by atoms with Crippen molar-refractivity contribution < 1.29 is 23.4 Å². The number of likely N-dealkylation sites (tertiary alicyclic amines) is 1. The number of hydrogen-bond donors (Lipinski definition) is 2. The van der Waals surface area contributed by atoms with E-state index in [-0.39, 0.29) is 37.8 Å². The van der Waals surface area contributed by atoms with Gasteiger partial charge in [0.2, 0.25) is 5.92 Å². The number of aryl methyl sites for hydroxylation is 1. The van der Waals surface area contributed by atoms with Gasteiger partial charge in [-0.15, -0.1) is 12.4 Å². The van der Waals surface area contributed by atoms with E-state index in [2.05, 4.69) is 0 Å². The number of nitrogens with zero attached hydrogens (tertiary/aromatic N) is 1. The van der Waals surface area contributed by atoms with E-state index in [0.717, 1.165) is 37.9 Å². The van der Waals surface area contributed by atoms with Crippen LogP contribution in [0.5, 0.6) is 0 Å². The van der Waals surface area contributed by atoms with Crippen molar-refractivity contribution in [3.63, 3.8) is 0 Å². The summed E-state index contributed by atoms with van der Waals surface area (Å²) < 4.78 is 33.3. The van der Waals surface area contributed by atoms with E-state index in [9.17, 15) is 18.7 Å². The number of rotatable bonds is 7. The molecule has 1 aromatic rings. The Labute approximate surface area is 182 Å². The highest BCUT2D eigenvalue weighted by Crippen LogP contribution is 2.48. The molecule has 168 valence electrons. The summed E-state index contributed by atoms with van der Waals surface area (Å²) in [7, 11) is 0. The third-order valence-electron chi connectivity index (χ3n) is 6.39. The van der Waals surface area contributed by atoms with Crippen molar-refractivity contribution in [2.24, 2.45) is 11.8 Å². The molecule has 1 saturated heterocycles. The maximum absolute atomic E-state index is 13.9. The van der Waals surface area contributed by atoms with Gasteiger partial charge in [-0.05, 0) is 42.7 Å². The lowest BCUT2D eigenvalue weighted by Crippen LogP contribution is -2.45. The predicted molar refractivity (Wildman–Crippen MR) is 113 cm³/mol. The van der Waals surface area contributed by atoms with Gasteiger partial charge >= 0.3 is 5.97 Å². The zero-order chi connectivity index (χ0) is 21.1. The summed E-state index contributed by atoms with van der Waals surface area (Å²) in [5.74, 6) is -4.44. The average Bonchev–Trinajstić information content (AvgIpc) is 3.11. The van der Waals surface area contributed by atoms with E-state index in [0.29, 0.717) is 5.56 Å². The second kappa shape index (κ2) is 10.1. The van der Waals surface area contributed by atoms with Crippen molar-refractivity contribution >= 4 is 24.7 Å². The van der Waals surface area contributed by atoms with E-state index < -0.39 is 29.8 Å². The van der Waals surface area contributed by atoms with Gasteiger partial charge in [0, 0.05) is 31.8 Å². The van der Waals surface area contributed by atoms with Crippen LogP contribution in [-0.4, -0.2) is 47.9 Å². The molecule has 0 radical (unpaired) electrons. The van der Waals surface area contributed by atoms with Gasteiger partial charge in [-0.25, -0.2) is 13.6 Å². The molecule has 2 fully saturated rings. The van der Waals surface area contributed by atoms with Crippen LogP contribution in [0.25, 0.3) is 0 Å². The van der Waals surface area contributed by atoms with E-state index in [1.54, 1.807) is 12.1 Å². The van der Waals surface area contributed by atoms with Crippen molar-refractivity contribution in [3.8, 4) is 0 Å². The van der Waals surface area contributed by atoms with E-state index in [1.807, 2.05) is 24.0 Å². The van der Waals surface area contributed by atoms with Crippen molar-refractivity contribution in [1.82, 2.24) is 4.90 Å². The largest absolute Gasteiger partial charge is 0.463 e. The Hall–Kier alpha value is -1.73. The van der Waals surface area contributed by atoms with Crippen LogP contribution >= 0.6 is 12.4 Å². The second-order valence-corrected chi connectivity index (χ2v) is 8.32. The van der Waals surface area contributed by atoms with Crippen LogP contribution in [-0.2, 0) is 21.6 Å². The first-order valence-electron chi connectivity index (χ1n) is 10.4. The van der Waals surface area contributed by atoms with Gasteiger partial charge < -0.3 is 14.7 Å². The molecule has 2 N–H and O–H groups in total. The molecule has 2 aliphatic rings. The Morgan fingerprint density at radius 1 is 1.30 bits per heavy atom. The Bertz CT molecular complexity index is 724. The normalized spacial score (nSPS) is 23.3. The minimum absolute atomic E-state index is 0. The van der Waals surface area contributed by atoms with Gasteiger partial charge in [-0.3, -0.25) is 5.41 Å².